The van der Waals surface area contributed by atoms with E-state index in [1.54, 1.807) is 18.9 Å². The number of nitrogens with zero attached hydrogens (tertiary/aromatic N) is 4. The minimum atomic E-state index is -0.463. The van der Waals surface area contributed by atoms with Gasteiger partial charge < -0.3 is 9.64 Å². The second-order valence-corrected chi connectivity index (χ2v) is 6.75. The molecular weight excluding hydrogens is 344 g/mol. The summed E-state index contributed by atoms with van der Waals surface area (Å²) >= 11 is 0. The van der Waals surface area contributed by atoms with Crippen molar-refractivity contribution < 1.29 is 14.3 Å². The standard InChI is InChI=1S/C20H26N4O3/c1-4-27-20(26)18-13-17(21-22(18)3)19(25)24-11-9-23(10-12-24)14-16-8-6-5-7-15(16)2/h5-8,13H,4,9-12,14H2,1-3H3. The van der Waals surface area contributed by atoms with Crippen LogP contribution in [0.1, 0.15) is 39.0 Å². The molecule has 1 amide bonds. The molecule has 0 N–H and O–H groups in total. The van der Waals surface area contributed by atoms with Crippen LogP contribution in [0.2, 0.25) is 0 Å². The smallest absolute Gasteiger partial charge is 0.356 e. The Morgan fingerprint density at radius 1 is 1.15 bits per heavy atom. The summed E-state index contributed by atoms with van der Waals surface area (Å²) in [6, 6.07) is 9.90. The number of esters is 1. The summed E-state index contributed by atoms with van der Waals surface area (Å²) in [5.74, 6) is -0.605. The number of ether oxygens (including phenoxy) is 1. The van der Waals surface area contributed by atoms with Crippen LogP contribution in [-0.4, -0.2) is 64.2 Å². The fourth-order valence-electron chi connectivity index (χ4n) is 3.27. The fourth-order valence-corrected chi connectivity index (χ4v) is 3.27. The van der Waals surface area contributed by atoms with Crippen LogP contribution in [0.5, 0.6) is 0 Å². The number of piperazine rings is 1. The van der Waals surface area contributed by atoms with Crippen LogP contribution in [0, 0.1) is 6.92 Å². The van der Waals surface area contributed by atoms with Crippen LogP contribution < -0.4 is 0 Å². The van der Waals surface area contributed by atoms with E-state index in [9.17, 15) is 9.59 Å². The highest BCUT2D eigenvalue weighted by Crippen LogP contribution is 2.14. The van der Waals surface area contributed by atoms with Crippen molar-refractivity contribution >= 4 is 11.9 Å². The van der Waals surface area contributed by atoms with Gasteiger partial charge in [0.1, 0.15) is 5.69 Å². The van der Waals surface area contributed by atoms with Gasteiger partial charge in [-0.05, 0) is 25.0 Å². The first kappa shape index (κ1) is 19.1. The van der Waals surface area contributed by atoms with E-state index in [-0.39, 0.29) is 18.2 Å². The number of hydrogen-bond acceptors (Lipinski definition) is 5. The Hall–Kier alpha value is -2.67. The van der Waals surface area contributed by atoms with Gasteiger partial charge in [0, 0.05) is 45.8 Å². The van der Waals surface area contributed by atoms with Gasteiger partial charge in [0.05, 0.1) is 6.61 Å². The predicted molar refractivity (Wildman–Crippen MR) is 102 cm³/mol. The molecule has 3 rings (SSSR count). The first-order valence-electron chi connectivity index (χ1n) is 9.27. The molecule has 0 radical (unpaired) electrons. The molecule has 27 heavy (non-hydrogen) atoms. The van der Waals surface area contributed by atoms with Crippen molar-refractivity contribution in [2.24, 2.45) is 7.05 Å². The Morgan fingerprint density at radius 2 is 1.85 bits per heavy atom. The normalized spacial score (nSPS) is 15.0. The molecule has 0 atom stereocenters. The van der Waals surface area contributed by atoms with Gasteiger partial charge in [0.2, 0.25) is 0 Å². The Balaban J connectivity index is 1.59. The summed E-state index contributed by atoms with van der Waals surface area (Å²) in [7, 11) is 1.64. The number of hydrogen-bond donors (Lipinski definition) is 0. The molecule has 0 unspecified atom stereocenters. The van der Waals surface area contributed by atoms with Gasteiger partial charge in [0.25, 0.3) is 5.91 Å². The molecule has 1 aromatic heterocycles. The SMILES string of the molecule is CCOC(=O)c1cc(C(=O)N2CCN(Cc3ccccc3C)CC2)nn1C. The van der Waals surface area contributed by atoms with E-state index in [0.717, 1.165) is 19.6 Å². The molecular formula is C20H26N4O3. The van der Waals surface area contributed by atoms with Crippen LogP contribution in [0.3, 0.4) is 0 Å². The second-order valence-electron chi connectivity index (χ2n) is 6.75. The van der Waals surface area contributed by atoms with Crippen LogP contribution in [0.25, 0.3) is 0 Å². The van der Waals surface area contributed by atoms with Gasteiger partial charge in [-0.1, -0.05) is 24.3 Å². The third-order valence-electron chi connectivity index (χ3n) is 4.90. The van der Waals surface area contributed by atoms with Gasteiger partial charge in [-0.15, -0.1) is 0 Å². The minimum absolute atomic E-state index is 0.142. The van der Waals surface area contributed by atoms with Crippen molar-refractivity contribution in [1.82, 2.24) is 19.6 Å². The molecule has 0 aliphatic carbocycles. The molecule has 7 nitrogen and oxygen atoms in total. The van der Waals surface area contributed by atoms with E-state index in [4.69, 9.17) is 4.74 Å². The number of aryl methyl sites for hydroxylation is 2. The minimum Gasteiger partial charge on any atom is -0.461 e. The molecule has 7 heteroatoms. The van der Waals surface area contributed by atoms with Gasteiger partial charge in [0.15, 0.2) is 5.69 Å². The molecule has 0 spiro atoms. The number of carbonyl (C=O) groups excluding carboxylic acids is 2. The number of benzene rings is 1. The molecule has 2 aromatic rings. The summed E-state index contributed by atoms with van der Waals surface area (Å²) in [5, 5.41) is 4.20. The van der Waals surface area contributed by atoms with E-state index < -0.39 is 5.97 Å². The lowest BCUT2D eigenvalue weighted by Crippen LogP contribution is -2.48. The second kappa shape index (κ2) is 8.35. The molecule has 1 aromatic carbocycles. The van der Waals surface area contributed by atoms with Gasteiger partial charge in [-0.3, -0.25) is 14.4 Å². The van der Waals surface area contributed by atoms with Crippen LogP contribution in [0.15, 0.2) is 30.3 Å². The molecule has 0 bridgehead atoms. The molecule has 1 saturated heterocycles. The third kappa shape index (κ3) is 4.36. The summed E-state index contributed by atoms with van der Waals surface area (Å²) < 4.78 is 6.40. The Labute approximate surface area is 159 Å². The van der Waals surface area contributed by atoms with Crippen molar-refractivity contribution in [2.45, 2.75) is 20.4 Å². The Bertz CT molecular complexity index is 822. The number of aromatic nitrogens is 2. The quantitative estimate of drug-likeness (QED) is 0.752. The van der Waals surface area contributed by atoms with Crippen LogP contribution in [0.4, 0.5) is 0 Å². The van der Waals surface area contributed by atoms with Gasteiger partial charge >= 0.3 is 5.97 Å². The summed E-state index contributed by atoms with van der Waals surface area (Å²) in [5.41, 5.74) is 3.18. The zero-order valence-corrected chi connectivity index (χ0v) is 16.1. The molecule has 1 aliphatic rings. The lowest BCUT2D eigenvalue weighted by atomic mass is 10.1. The van der Waals surface area contributed by atoms with Gasteiger partial charge in [-0.2, -0.15) is 5.10 Å². The largest absolute Gasteiger partial charge is 0.461 e. The summed E-state index contributed by atoms with van der Waals surface area (Å²) in [6.45, 7) is 7.98. The third-order valence-corrected chi connectivity index (χ3v) is 4.90. The number of carbonyl (C=O) groups is 2. The zero-order chi connectivity index (χ0) is 19.4. The molecule has 1 aliphatic heterocycles. The van der Waals surface area contributed by atoms with Crippen molar-refractivity contribution in [2.75, 3.05) is 32.8 Å². The van der Waals surface area contributed by atoms with E-state index >= 15 is 0 Å². The Kier molecular flexibility index (Phi) is 5.91. The maximum absolute atomic E-state index is 12.7. The lowest BCUT2D eigenvalue weighted by Gasteiger charge is -2.34. The average molecular weight is 370 g/mol. The first-order valence-corrected chi connectivity index (χ1v) is 9.27. The van der Waals surface area contributed by atoms with Crippen molar-refractivity contribution in [3.05, 3.63) is 52.8 Å². The molecule has 2 heterocycles. The van der Waals surface area contributed by atoms with E-state index in [1.165, 1.54) is 21.9 Å². The predicted octanol–water partition coefficient (Wildman–Crippen LogP) is 1.86. The monoisotopic (exact) mass is 370 g/mol. The molecule has 0 saturated carbocycles. The lowest BCUT2D eigenvalue weighted by molar-refractivity contribution is 0.0513. The van der Waals surface area contributed by atoms with Crippen molar-refractivity contribution in [3.8, 4) is 0 Å². The highest BCUT2D eigenvalue weighted by molar-refractivity contribution is 5.96. The van der Waals surface area contributed by atoms with E-state index in [0.29, 0.717) is 18.8 Å². The maximum Gasteiger partial charge on any atom is 0.356 e. The Morgan fingerprint density at radius 3 is 2.52 bits per heavy atom. The highest BCUT2D eigenvalue weighted by Gasteiger charge is 2.26. The zero-order valence-electron chi connectivity index (χ0n) is 16.1. The van der Waals surface area contributed by atoms with Crippen LogP contribution in [-0.2, 0) is 18.3 Å². The van der Waals surface area contributed by atoms with E-state index in [1.807, 2.05) is 6.07 Å². The van der Waals surface area contributed by atoms with Crippen molar-refractivity contribution in [1.29, 1.82) is 0 Å². The molecule has 144 valence electrons. The summed E-state index contributed by atoms with van der Waals surface area (Å²) in [4.78, 5) is 28.8. The van der Waals surface area contributed by atoms with Crippen LogP contribution >= 0.6 is 0 Å². The summed E-state index contributed by atoms with van der Waals surface area (Å²) in [6.07, 6.45) is 0. The topological polar surface area (TPSA) is 67.7 Å². The fraction of sp³-hybridized carbons (Fsp3) is 0.450. The van der Waals surface area contributed by atoms with Crippen molar-refractivity contribution in [3.63, 3.8) is 0 Å². The van der Waals surface area contributed by atoms with Gasteiger partial charge in [-0.25, -0.2) is 4.79 Å². The van der Waals surface area contributed by atoms with E-state index in [2.05, 4.69) is 35.1 Å². The number of rotatable bonds is 5. The molecule has 1 fully saturated rings. The first-order chi connectivity index (χ1) is 13.0. The highest BCUT2D eigenvalue weighted by atomic mass is 16.5. The average Bonchev–Trinajstić information content (AvgIpc) is 3.06. The number of amides is 1. The maximum atomic E-state index is 12.7.